The minimum atomic E-state index is -0.541. The zero-order chi connectivity index (χ0) is 22.1. The van der Waals surface area contributed by atoms with Gasteiger partial charge in [0.05, 0.1) is 6.04 Å². The average molecular weight is 446 g/mol. The second kappa shape index (κ2) is 8.47. The van der Waals surface area contributed by atoms with Crippen molar-refractivity contribution in [2.24, 2.45) is 0 Å². The van der Waals surface area contributed by atoms with Gasteiger partial charge in [-0.25, -0.2) is 9.07 Å². The molecule has 0 saturated heterocycles. The van der Waals surface area contributed by atoms with Gasteiger partial charge in [-0.2, -0.15) is 0 Å². The highest BCUT2D eigenvalue weighted by atomic mass is 32.2. The molecule has 1 aromatic heterocycles. The van der Waals surface area contributed by atoms with Crippen LogP contribution >= 0.6 is 11.8 Å². The Morgan fingerprint density at radius 2 is 1.72 bits per heavy atom. The third kappa shape index (κ3) is 3.85. The lowest BCUT2D eigenvalue weighted by molar-refractivity contribution is -0.116. The molecule has 160 valence electrons. The summed E-state index contributed by atoms with van der Waals surface area (Å²) in [5.41, 5.74) is 6.83. The number of nitrogens with one attached hydrogen (secondary N) is 2. The first-order valence-corrected chi connectivity index (χ1v) is 11.0. The molecule has 8 heteroatoms. The van der Waals surface area contributed by atoms with Gasteiger partial charge >= 0.3 is 0 Å². The number of rotatable bonds is 4. The number of fused-ring (bicyclic) bond motifs is 1. The van der Waals surface area contributed by atoms with Gasteiger partial charge in [-0.3, -0.25) is 4.79 Å². The predicted octanol–water partition coefficient (Wildman–Crippen LogP) is 4.79. The molecular weight excluding hydrogens is 425 g/mol. The van der Waals surface area contributed by atoms with Gasteiger partial charge < -0.3 is 10.7 Å². The summed E-state index contributed by atoms with van der Waals surface area (Å²) < 4.78 is 15.4. The standard InChI is InChI=1S/C24H20FN5OS/c1-15-7-5-6-10-19(15)26-23(31)21-20(16-11-13-18(25)14-12-16)29-30-22(27-28-24(30)32-21)17-8-3-2-4-9-17/h2-14,20-21,29H,1H3,(H,26,31)/t20-,21-/m0/s1. The van der Waals surface area contributed by atoms with E-state index < -0.39 is 11.3 Å². The molecule has 2 N–H and O–H groups in total. The molecule has 5 rings (SSSR count). The maximum Gasteiger partial charge on any atom is 0.240 e. The number of hydrogen-bond acceptors (Lipinski definition) is 5. The van der Waals surface area contributed by atoms with Crippen LogP contribution in [0.4, 0.5) is 10.1 Å². The molecule has 3 aromatic carbocycles. The van der Waals surface area contributed by atoms with Crippen molar-refractivity contribution in [2.75, 3.05) is 10.7 Å². The van der Waals surface area contributed by atoms with Crippen molar-refractivity contribution in [1.29, 1.82) is 0 Å². The third-order valence-corrected chi connectivity index (χ3v) is 6.57. The number of carbonyl (C=O) groups excluding carboxylic acids is 1. The summed E-state index contributed by atoms with van der Waals surface area (Å²) in [7, 11) is 0. The van der Waals surface area contributed by atoms with E-state index in [1.807, 2.05) is 61.5 Å². The summed E-state index contributed by atoms with van der Waals surface area (Å²) in [4.78, 5) is 13.4. The van der Waals surface area contributed by atoms with Crippen LogP contribution < -0.4 is 10.7 Å². The predicted molar refractivity (Wildman–Crippen MR) is 123 cm³/mol. The molecule has 0 saturated carbocycles. The monoisotopic (exact) mass is 445 g/mol. The molecule has 2 atom stereocenters. The smallest absolute Gasteiger partial charge is 0.240 e. The molecule has 0 unspecified atom stereocenters. The fraction of sp³-hybridized carbons (Fsp3) is 0.125. The van der Waals surface area contributed by atoms with Crippen molar-refractivity contribution in [1.82, 2.24) is 14.9 Å². The van der Waals surface area contributed by atoms with Crippen LogP contribution in [-0.2, 0) is 4.79 Å². The van der Waals surface area contributed by atoms with E-state index in [4.69, 9.17) is 0 Å². The maximum absolute atomic E-state index is 13.6. The molecule has 4 aromatic rings. The lowest BCUT2D eigenvalue weighted by atomic mass is 10.0. The molecule has 0 radical (unpaired) electrons. The highest BCUT2D eigenvalue weighted by Crippen LogP contribution is 2.39. The Kier molecular flexibility index (Phi) is 5.36. The molecule has 1 aliphatic heterocycles. The first kappa shape index (κ1) is 20.3. The van der Waals surface area contributed by atoms with Gasteiger partial charge in [-0.05, 0) is 36.2 Å². The van der Waals surface area contributed by atoms with Gasteiger partial charge in [0, 0.05) is 11.3 Å². The third-order valence-electron chi connectivity index (χ3n) is 5.36. The Bertz CT molecular complexity index is 1260. The highest BCUT2D eigenvalue weighted by Gasteiger charge is 2.38. The van der Waals surface area contributed by atoms with Crippen molar-refractivity contribution in [3.05, 3.63) is 95.8 Å². The van der Waals surface area contributed by atoms with Crippen LogP contribution in [0.15, 0.2) is 84.0 Å². The van der Waals surface area contributed by atoms with Gasteiger partial charge in [0.15, 0.2) is 5.82 Å². The zero-order valence-corrected chi connectivity index (χ0v) is 18.0. The molecule has 2 heterocycles. The number of benzene rings is 3. The minimum Gasteiger partial charge on any atom is -0.325 e. The summed E-state index contributed by atoms with van der Waals surface area (Å²) in [5.74, 6) is 0.160. The average Bonchev–Trinajstić information content (AvgIpc) is 3.24. The van der Waals surface area contributed by atoms with Gasteiger partial charge in [-0.15, -0.1) is 10.2 Å². The van der Waals surface area contributed by atoms with E-state index in [0.29, 0.717) is 11.0 Å². The van der Waals surface area contributed by atoms with Gasteiger partial charge in [0.1, 0.15) is 11.1 Å². The number of thioether (sulfide) groups is 1. The van der Waals surface area contributed by atoms with Crippen LogP contribution in [0.3, 0.4) is 0 Å². The number of aryl methyl sites for hydroxylation is 1. The van der Waals surface area contributed by atoms with Crippen molar-refractivity contribution >= 4 is 23.4 Å². The number of hydrogen-bond donors (Lipinski definition) is 2. The van der Waals surface area contributed by atoms with Gasteiger partial charge in [-0.1, -0.05) is 72.4 Å². The van der Waals surface area contributed by atoms with E-state index in [9.17, 15) is 9.18 Å². The molecule has 0 bridgehead atoms. The van der Waals surface area contributed by atoms with E-state index in [1.54, 1.807) is 16.8 Å². The zero-order valence-electron chi connectivity index (χ0n) is 17.2. The SMILES string of the molecule is Cc1ccccc1NC(=O)[C@H]1Sc2nnc(-c3ccccc3)n2N[C@H]1c1ccc(F)cc1. The Hall–Kier alpha value is -3.65. The van der Waals surface area contributed by atoms with Crippen LogP contribution in [0.2, 0.25) is 0 Å². The van der Waals surface area contributed by atoms with E-state index in [1.165, 1.54) is 23.9 Å². The fourth-order valence-corrected chi connectivity index (χ4v) is 4.75. The van der Waals surface area contributed by atoms with Crippen LogP contribution in [0.25, 0.3) is 11.4 Å². The summed E-state index contributed by atoms with van der Waals surface area (Å²) in [6, 6.07) is 23.1. The quantitative estimate of drug-likeness (QED) is 0.473. The first-order chi connectivity index (χ1) is 15.6. The maximum atomic E-state index is 13.6. The number of anilines is 1. The molecule has 1 amide bonds. The second-order valence-electron chi connectivity index (χ2n) is 7.51. The Morgan fingerprint density at radius 1 is 1.00 bits per heavy atom. The Labute approximate surface area is 188 Å². The van der Waals surface area contributed by atoms with Crippen molar-refractivity contribution in [3.63, 3.8) is 0 Å². The topological polar surface area (TPSA) is 71.8 Å². The molecular formula is C24H20FN5OS. The van der Waals surface area contributed by atoms with Gasteiger partial charge in [0.25, 0.3) is 0 Å². The number of amides is 1. The van der Waals surface area contributed by atoms with Crippen LogP contribution in [0.1, 0.15) is 17.2 Å². The molecule has 32 heavy (non-hydrogen) atoms. The van der Waals surface area contributed by atoms with Crippen LogP contribution in [0.5, 0.6) is 0 Å². The molecule has 1 aliphatic rings. The summed E-state index contributed by atoms with van der Waals surface area (Å²) in [6.07, 6.45) is 0. The van der Waals surface area contributed by atoms with E-state index in [0.717, 1.165) is 22.4 Å². The van der Waals surface area contributed by atoms with E-state index in [-0.39, 0.29) is 11.7 Å². The van der Waals surface area contributed by atoms with Gasteiger partial charge in [0.2, 0.25) is 11.1 Å². The van der Waals surface area contributed by atoms with Crippen molar-refractivity contribution in [2.45, 2.75) is 23.4 Å². The van der Waals surface area contributed by atoms with Crippen LogP contribution in [-0.4, -0.2) is 26.0 Å². The van der Waals surface area contributed by atoms with E-state index in [2.05, 4.69) is 20.9 Å². The van der Waals surface area contributed by atoms with Crippen LogP contribution in [0, 0.1) is 12.7 Å². The van der Waals surface area contributed by atoms with E-state index >= 15 is 0 Å². The lowest BCUT2D eigenvalue weighted by Gasteiger charge is -2.33. The molecule has 0 spiro atoms. The van der Waals surface area contributed by atoms with Crippen molar-refractivity contribution in [3.8, 4) is 11.4 Å². The summed E-state index contributed by atoms with van der Waals surface area (Å²) in [6.45, 7) is 1.95. The fourth-order valence-electron chi connectivity index (χ4n) is 3.67. The number of para-hydroxylation sites is 1. The summed E-state index contributed by atoms with van der Waals surface area (Å²) >= 11 is 1.33. The highest BCUT2D eigenvalue weighted by molar-refractivity contribution is 8.00. The molecule has 0 aliphatic carbocycles. The Balaban J connectivity index is 1.52. The number of halogens is 1. The van der Waals surface area contributed by atoms with Crippen molar-refractivity contribution < 1.29 is 9.18 Å². The lowest BCUT2D eigenvalue weighted by Crippen LogP contribution is -2.41. The summed E-state index contributed by atoms with van der Waals surface area (Å²) in [5, 5.41) is 11.7. The molecule has 6 nitrogen and oxygen atoms in total. The number of carbonyl (C=O) groups is 1. The second-order valence-corrected chi connectivity index (χ2v) is 8.62. The number of aromatic nitrogens is 3. The minimum absolute atomic E-state index is 0.165. The largest absolute Gasteiger partial charge is 0.325 e. The first-order valence-electron chi connectivity index (χ1n) is 10.2. The molecule has 0 fully saturated rings. The number of nitrogens with zero attached hydrogens (tertiary/aromatic N) is 3. The normalized spacial score (nSPS) is 17.3. The Morgan fingerprint density at radius 3 is 2.47 bits per heavy atom.